The van der Waals surface area contributed by atoms with E-state index in [0.717, 1.165) is 48.0 Å². The fourth-order valence-electron chi connectivity index (χ4n) is 3.74. The van der Waals surface area contributed by atoms with Crippen molar-refractivity contribution < 1.29 is 24.2 Å². The predicted molar refractivity (Wildman–Crippen MR) is 112 cm³/mol. The van der Waals surface area contributed by atoms with Gasteiger partial charge in [-0.1, -0.05) is 13.0 Å². The number of amides is 1. The Labute approximate surface area is 175 Å². The standard InChI is InChI=1S/C21H29N3O3.CO2/c1-3-14(12-25)21(26)24-15-7-9-16(10-8-15)27-19-6-4-5-18-20(19)17(22)11-13(2)23-18;2-1-3/h4-6,11,14-16,25H,3,7-10,12H2,1-2H3,(H2,22,23)(H,24,26);/t14-,15?,16?;/m0./s1. The number of hydrogen-bond acceptors (Lipinski definition) is 7. The quantitative estimate of drug-likeness (QED) is 0.660. The van der Waals surface area contributed by atoms with Gasteiger partial charge in [0.25, 0.3) is 0 Å². The van der Waals surface area contributed by atoms with Crippen LogP contribution in [0.25, 0.3) is 10.9 Å². The summed E-state index contributed by atoms with van der Waals surface area (Å²) in [6, 6.07) is 7.85. The maximum absolute atomic E-state index is 12.1. The van der Waals surface area contributed by atoms with Gasteiger partial charge in [0.15, 0.2) is 0 Å². The van der Waals surface area contributed by atoms with Crippen molar-refractivity contribution >= 4 is 28.6 Å². The number of benzene rings is 1. The molecule has 1 atom stereocenters. The first-order valence-electron chi connectivity index (χ1n) is 10.2. The second kappa shape index (κ2) is 11.3. The molecule has 1 saturated carbocycles. The maximum Gasteiger partial charge on any atom is 0.373 e. The molecule has 8 heteroatoms. The second-order valence-corrected chi connectivity index (χ2v) is 7.47. The number of nitrogen functional groups attached to an aromatic ring is 1. The lowest BCUT2D eigenvalue weighted by molar-refractivity contribution is -0.191. The van der Waals surface area contributed by atoms with E-state index in [1.165, 1.54) is 0 Å². The average Bonchev–Trinajstić information content (AvgIpc) is 2.70. The number of nitrogens with zero attached hydrogens (tertiary/aromatic N) is 1. The summed E-state index contributed by atoms with van der Waals surface area (Å²) in [5, 5.41) is 13.2. The number of nitrogens with one attached hydrogen (secondary N) is 1. The number of pyridine rings is 1. The number of aromatic nitrogens is 1. The first-order valence-corrected chi connectivity index (χ1v) is 10.2. The fraction of sp³-hybridized carbons (Fsp3) is 0.500. The van der Waals surface area contributed by atoms with Crippen LogP contribution in [0.3, 0.4) is 0 Å². The molecule has 1 aromatic carbocycles. The number of fused-ring (bicyclic) bond motifs is 1. The van der Waals surface area contributed by atoms with Crippen molar-refractivity contribution in [3.8, 4) is 5.75 Å². The molecule has 0 aliphatic heterocycles. The molecule has 30 heavy (non-hydrogen) atoms. The predicted octanol–water partition coefficient (Wildman–Crippen LogP) is 2.37. The molecule has 1 aromatic heterocycles. The van der Waals surface area contributed by atoms with Gasteiger partial charge in [-0.3, -0.25) is 9.78 Å². The number of hydrogen-bond donors (Lipinski definition) is 3. The van der Waals surface area contributed by atoms with Gasteiger partial charge in [-0.05, 0) is 57.2 Å². The highest BCUT2D eigenvalue weighted by Crippen LogP contribution is 2.33. The minimum atomic E-state index is -0.311. The summed E-state index contributed by atoms with van der Waals surface area (Å²) in [5.74, 6) is 0.414. The average molecular weight is 415 g/mol. The molecular formula is C22H29N3O5. The lowest BCUT2D eigenvalue weighted by Crippen LogP contribution is -2.43. The van der Waals surface area contributed by atoms with Crippen LogP contribution >= 0.6 is 0 Å². The van der Waals surface area contributed by atoms with Crippen molar-refractivity contribution in [2.75, 3.05) is 12.3 Å². The summed E-state index contributed by atoms with van der Waals surface area (Å²) in [5.41, 5.74) is 8.63. The number of carbonyl (C=O) groups excluding carboxylic acids is 3. The summed E-state index contributed by atoms with van der Waals surface area (Å²) >= 11 is 0. The number of nitrogens with two attached hydrogens (primary N) is 1. The Kier molecular flexibility index (Phi) is 8.77. The van der Waals surface area contributed by atoms with Gasteiger partial charge in [-0.2, -0.15) is 9.59 Å². The lowest BCUT2D eigenvalue weighted by Gasteiger charge is -2.30. The second-order valence-electron chi connectivity index (χ2n) is 7.47. The van der Waals surface area contributed by atoms with Crippen LogP contribution in [0.1, 0.15) is 44.7 Å². The maximum atomic E-state index is 12.1. The Bertz CT molecular complexity index is 884. The highest BCUT2D eigenvalue weighted by Gasteiger charge is 2.26. The zero-order valence-corrected chi connectivity index (χ0v) is 17.4. The molecular weight excluding hydrogens is 386 g/mol. The highest BCUT2D eigenvalue weighted by molar-refractivity contribution is 5.95. The van der Waals surface area contributed by atoms with Gasteiger partial charge in [0.2, 0.25) is 5.91 Å². The van der Waals surface area contributed by atoms with Gasteiger partial charge in [0.05, 0.1) is 29.5 Å². The summed E-state index contributed by atoms with van der Waals surface area (Å²) in [7, 11) is 0. The lowest BCUT2D eigenvalue weighted by atomic mass is 9.92. The SMILES string of the molecule is CC[C@@H](CO)C(=O)NC1CCC(Oc2cccc3nc(C)cc(N)c23)CC1.O=C=O. The van der Waals surface area contributed by atoms with E-state index in [2.05, 4.69) is 10.3 Å². The summed E-state index contributed by atoms with van der Waals surface area (Å²) in [6.07, 6.45) is 4.49. The molecule has 1 heterocycles. The Morgan fingerprint density at radius 1 is 1.33 bits per heavy atom. The third kappa shape index (κ3) is 6.02. The smallest absolute Gasteiger partial charge is 0.373 e. The molecule has 4 N–H and O–H groups in total. The van der Waals surface area contributed by atoms with E-state index in [1.807, 2.05) is 38.1 Å². The Balaban J connectivity index is 0.00000101. The molecule has 1 amide bonds. The number of aliphatic hydroxyl groups excluding tert-OH is 1. The fourth-order valence-corrected chi connectivity index (χ4v) is 3.74. The van der Waals surface area contributed by atoms with Gasteiger partial charge >= 0.3 is 6.15 Å². The molecule has 1 aliphatic rings. The number of carbonyl (C=O) groups is 1. The molecule has 0 radical (unpaired) electrons. The van der Waals surface area contributed by atoms with Crippen LogP contribution in [0.15, 0.2) is 24.3 Å². The third-order valence-corrected chi connectivity index (χ3v) is 5.35. The minimum absolute atomic E-state index is 0.0485. The van der Waals surface area contributed by atoms with E-state index in [9.17, 15) is 9.90 Å². The van der Waals surface area contributed by atoms with Crippen molar-refractivity contribution in [2.45, 2.75) is 58.1 Å². The molecule has 1 aliphatic carbocycles. The molecule has 2 aromatic rings. The molecule has 162 valence electrons. The van der Waals surface area contributed by atoms with E-state index in [0.29, 0.717) is 12.1 Å². The molecule has 0 saturated heterocycles. The van der Waals surface area contributed by atoms with Crippen LogP contribution in [-0.2, 0) is 14.4 Å². The number of rotatable bonds is 6. The molecule has 0 bridgehead atoms. The van der Waals surface area contributed by atoms with Crippen molar-refractivity contribution in [2.24, 2.45) is 5.92 Å². The van der Waals surface area contributed by atoms with Crippen LogP contribution in [0.2, 0.25) is 0 Å². The largest absolute Gasteiger partial charge is 0.490 e. The van der Waals surface area contributed by atoms with Gasteiger partial charge in [0, 0.05) is 17.4 Å². The van der Waals surface area contributed by atoms with Crippen molar-refractivity contribution in [3.05, 3.63) is 30.0 Å². The molecule has 8 nitrogen and oxygen atoms in total. The minimum Gasteiger partial charge on any atom is -0.490 e. The topological polar surface area (TPSA) is 132 Å². The number of aryl methyl sites for hydroxylation is 1. The van der Waals surface area contributed by atoms with Crippen molar-refractivity contribution in [3.63, 3.8) is 0 Å². The van der Waals surface area contributed by atoms with E-state index >= 15 is 0 Å². The van der Waals surface area contributed by atoms with Crippen LogP contribution < -0.4 is 15.8 Å². The van der Waals surface area contributed by atoms with E-state index < -0.39 is 0 Å². The van der Waals surface area contributed by atoms with Gasteiger partial charge in [0.1, 0.15) is 5.75 Å². The van der Waals surface area contributed by atoms with Gasteiger partial charge in [-0.15, -0.1) is 0 Å². The molecule has 0 spiro atoms. The summed E-state index contributed by atoms with van der Waals surface area (Å²) in [6.45, 7) is 3.74. The Morgan fingerprint density at radius 3 is 2.60 bits per heavy atom. The van der Waals surface area contributed by atoms with Gasteiger partial charge in [-0.25, -0.2) is 0 Å². The zero-order chi connectivity index (χ0) is 22.1. The van der Waals surface area contributed by atoms with E-state index in [1.54, 1.807) is 0 Å². The van der Waals surface area contributed by atoms with Crippen LogP contribution in [0.4, 0.5) is 5.69 Å². The third-order valence-electron chi connectivity index (χ3n) is 5.35. The number of ether oxygens (including phenoxy) is 1. The monoisotopic (exact) mass is 415 g/mol. The van der Waals surface area contributed by atoms with Crippen LogP contribution in [-0.4, -0.2) is 40.9 Å². The molecule has 1 fully saturated rings. The molecule has 3 rings (SSSR count). The zero-order valence-electron chi connectivity index (χ0n) is 17.4. The molecule has 0 unspecified atom stereocenters. The van der Waals surface area contributed by atoms with E-state index in [4.69, 9.17) is 20.1 Å². The number of aliphatic hydroxyl groups is 1. The van der Waals surface area contributed by atoms with Gasteiger partial charge < -0.3 is 20.9 Å². The Hall–Kier alpha value is -2.96. The normalized spacial score (nSPS) is 19.2. The summed E-state index contributed by atoms with van der Waals surface area (Å²) < 4.78 is 6.26. The van der Waals surface area contributed by atoms with Crippen molar-refractivity contribution in [1.82, 2.24) is 10.3 Å². The number of anilines is 1. The summed E-state index contributed by atoms with van der Waals surface area (Å²) in [4.78, 5) is 32.9. The van der Waals surface area contributed by atoms with Crippen LogP contribution in [0.5, 0.6) is 5.75 Å². The van der Waals surface area contributed by atoms with Crippen molar-refractivity contribution in [1.29, 1.82) is 0 Å². The first kappa shape index (κ1) is 23.3. The highest BCUT2D eigenvalue weighted by atomic mass is 16.5. The Morgan fingerprint density at radius 2 is 2.00 bits per heavy atom. The first-order chi connectivity index (χ1) is 14.4. The van der Waals surface area contributed by atoms with Crippen LogP contribution in [0, 0.1) is 12.8 Å². The van der Waals surface area contributed by atoms with E-state index in [-0.39, 0.29) is 36.7 Å².